The molecule has 172 valence electrons. The third-order valence-corrected chi connectivity index (χ3v) is 6.04. The SMILES string of the molecule is CCCCCCCC(=O)OC1CCC(C(=O)Oc2ccc(-c3ccc(F)cc3)cc2)CC1. The largest absolute Gasteiger partial charge is 0.462 e. The number of carbonyl (C=O) groups is 2. The number of esters is 2. The van der Waals surface area contributed by atoms with Crippen molar-refractivity contribution >= 4 is 11.9 Å². The Balaban J connectivity index is 1.39. The molecular weight excluding hydrogens is 407 g/mol. The fourth-order valence-corrected chi connectivity index (χ4v) is 4.09. The minimum atomic E-state index is -0.272. The summed E-state index contributed by atoms with van der Waals surface area (Å²) in [5, 5.41) is 0. The van der Waals surface area contributed by atoms with Crippen LogP contribution in [0.4, 0.5) is 4.39 Å². The molecule has 0 spiro atoms. The van der Waals surface area contributed by atoms with E-state index in [-0.39, 0.29) is 29.8 Å². The maximum atomic E-state index is 13.1. The minimum absolute atomic E-state index is 0.0859. The van der Waals surface area contributed by atoms with Crippen molar-refractivity contribution in [2.24, 2.45) is 5.92 Å². The third kappa shape index (κ3) is 7.47. The molecule has 3 rings (SSSR count). The summed E-state index contributed by atoms with van der Waals surface area (Å²) in [6.07, 6.45) is 8.68. The zero-order chi connectivity index (χ0) is 22.8. The molecule has 0 unspecified atom stereocenters. The van der Waals surface area contributed by atoms with Gasteiger partial charge in [0.05, 0.1) is 5.92 Å². The lowest BCUT2D eigenvalue weighted by Crippen LogP contribution is -2.30. The summed E-state index contributed by atoms with van der Waals surface area (Å²) in [5.74, 6) is -0.298. The van der Waals surface area contributed by atoms with Gasteiger partial charge in [-0.2, -0.15) is 0 Å². The van der Waals surface area contributed by atoms with E-state index in [2.05, 4.69) is 6.92 Å². The molecule has 0 amide bonds. The standard InChI is InChI=1S/C27H33FO4/c1-2-3-4-5-6-7-26(29)31-24-18-12-22(13-19-24)27(30)32-25-16-10-21(11-17-25)20-8-14-23(28)15-9-20/h8-11,14-17,22,24H,2-7,12-13,18-19H2,1H3. The number of hydrogen-bond acceptors (Lipinski definition) is 4. The van der Waals surface area contributed by atoms with Gasteiger partial charge in [0.1, 0.15) is 17.7 Å². The van der Waals surface area contributed by atoms with Gasteiger partial charge in [-0.1, -0.05) is 56.9 Å². The summed E-state index contributed by atoms with van der Waals surface area (Å²) in [7, 11) is 0. The summed E-state index contributed by atoms with van der Waals surface area (Å²) >= 11 is 0. The monoisotopic (exact) mass is 440 g/mol. The van der Waals surface area contributed by atoms with Gasteiger partial charge in [0.15, 0.2) is 0 Å². The van der Waals surface area contributed by atoms with Gasteiger partial charge in [0.2, 0.25) is 0 Å². The quantitative estimate of drug-likeness (QED) is 0.230. The molecule has 1 aliphatic rings. The number of hydrogen-bond donors (Lipinski definition) is 0. The predicted octanol–water partition coefficient (Wildman–Crippen LogP) is 6.86. The van der Waals surface area contributed by atoms with Gasteiger partial charge in [-0.3, -0.25) is 9.59 Å². The van der Waals surface area contributed by atoms with Crippen LogP contribution in [0, 0.1) is 11.7 Å². The second kappa shape index (κ2) is 12.4. The lowest BCUT2D eigenvalue weighted by molar-refractivity contribution is -0.152. The minimum Gasteiger partial charge on any atom is -0.462 e. The first-order valence-corrected chi connectivity index (χ1v) is 11.8. The molecule has 1 fully saturated rings. The van der Waals surface area contributed by atoms with Crippen molar-refractivity contribution in [1.29, 1.82) is 0 Å². The summed E-state index contributed by atoms with van der Waals surface area (Å²) in [6.45, 7) is 2.17. The highest BCUT2D eigenvalue weighted by Crippen LogP contribution is 2.29. The zero-order valence-corrected chi connectivity index (χ0v) is 18.9. The fraction of sp³-hybridized carbons (Fsp3) is 0.481. The van der Waals surface area contributed by atoms with Crippen LogP contribution in [0.15, 0.2) is 48.5 Å². The number of unbranched alkanes of at least 4 members (excludes halogenated alkanes) is 4. The first-order chi connectivity index (χ1) is 15.5. The molecule has 2 aromatic rings. The highest BCUT2D eigenvalue weighted by molar-refractivity contribution is 5.75. The first kappa shape index (κ1) is 24.0. The number of carbonyl (C=O) groups excluding carboxylic acids is 2. The summed E-state index contributed by atoms with van der Waals surface area (Å²) in [4.78, 5) is 24.6. The number of ether oxygens (including phenoxy) is 2. The van der Waals surface area contributed by atoms with E-state index in [9.17, 15) is 14.0 Å². The smallest absolute Gasteiger partial charge is 0.314 e. The van der Waals surface area contributed by atoms with Crippen molar-refractivity contribution in [2.75, 3.05) is 0 Å². The van der Waals surface area contributed by atoms with Crippen LogP contribution in [0.25, 0.3) is 11.1 Å². The van der Waals surface area contributed by atoms with Crippen molar-refractivity contribution in [1.82, 2.24) is 0 Å². The average molecular weight is 441 g/mol. The van der Waals surface area contributed by atoms with E-state index in [1.807, 2.05) is 12.1 Å². The maximum absolute atomic E-state index is 13.1. The summed E-state index contributed by atoms with van der Waals surface area (Å²) in [6, 6.07) is 13.5. The van der Waals surface area contributed by atoms with E-state index in [4.69, 9.17) is 9.47 Å². The van der Waals surface area contributed by atoms with Crippen LogP contribution in [0.1, 0.15) is 71.1 Å². The molecule has 0 N–H and O–H groups in total. The van der Waals surface area contributed by atoms with Crippen LogP contribution in [-0.4, -0.2) is 18.0 Å². The number of rotatable bonds is 10. The second-order valence-electron chi connectivity index (χ2n) is 8.58. The van der Waals surface area contributed by atoms with E-state index in [1.54, 1.807) is 24.3 Å². The van der Waals surface area contributed by atoms with Gasteiger partial charge in [-0.15, -0.1) is 0 Å². The zero-order valence-electron chi connectivity index (χ0n) is 18.9. The Hall–Kier alpha value is -2.69. The number of halogens is 1. The van der Waals surface area contributed by atoms with Crippen molar-refractivity contribution in [3.63, 3.8) is 0 Å². The van der Waals surface area contributed by atoms with Crippen molar-refractivity contribution in [2.45, 2.75) is 77.2 Å². The Kier molecular flexibility index (Phi) is 9.27. The van der Waals surface area contributed by atoms with E-state index < -0.39 is 0 Å². The highest BCUT2D eigenvalue weighted by Gasteiger charge is 2.29. The molecule has 2 aromatic carbocycles. The molecule has 0 saturated heterocycles. The van der Waals surface area contributed by atoms with E-state index in [1.165, 1.54) is 31.4 Å². The molecule has 0 bridgehead atoms. The Morgan fingerprint density at radius 3 is 2.06 bits per heavy atom. The molecule has 4 nitrogen and oxygen atoms in total. The van der Waals surface area contributed by atoms with Crippen molar-refractivity contribution in [3.05, 3.63) is 54.3 Å². The molecule has 5 heteroatoms. The van der Waals surface area contributed by atoms with Gasteiger partial charge in [-0.05, 0) is 67.5 Å². The molecule has 1 aliphatic carbocycles. The maximum Gasteiger partial charge on any atom is 0.314 e. The molecule has 0 aromatic heterocycles. The first-order valence-electron chi connectivity index (χ1n) is 11.8. The Morgan fingerprint density at radius 2 is 1.44 bits per heavy atom. The van der Waals surface area contributed by atoms with Crippen LogP contribution in [0.2, 0.25) is 0 Å². The van der Waals surface area contributed by atoms with Gasteiger partial charge in [0, 0.05) is 6.42 Å². The second-order valence-corrected chi connectivity index (χ2v) is 8.58. The predicted molar refractivity (Wildman–Crippen MR) is 123 cm³/mol. The molecule has 0 heterocycles. The topological polar surface area (TPSA) is 52.6 Å². The van der Waals surface area contributed by atoms with Crippen molar-refractivity contribution in [3.8, 4) is 16.9 Å². The Labute approximate surface area is 190 Å². The van der Waals surface area contributed by atoms with Gasteiger partial charge >= 0.3 is 11.9 Å². The molecular formula is C27H33FO4. The van der Waals surface area contributed by atoms with E-state index in [0.717, 1.165) is 24.0 Å². The Bertz CT molecular complexity index is 852. The van der Waals surface area contributed by atoms with Gasteiger partial charge in [-0.25, -0.2) is 4.39 Å². The van der Waals surface area contributed by atoms with Crippen molar-refractivity contribution < 1.29 is 23.5 Å². The van der Waals surface area contributed by atoms with Crippen LogP contribution >= 0.6 is 0 Å². The third-order valence-electron chi connectivity index (χ3n) is 6.04. The molecule has 32 heavy (non-hydrogen) atoms. The van der Waals surface area contributed by atoms with Crippen LogP contribution < -0.4 is 4.74 Å². The normalized spacial score (nSPS) is 18.2. The van der Waals surface area contributed by atoms with E-state index in [0.29, 0.717) is 37.9 Å². The molecule has 1 saturated carbocycles. The summed E-state index contributed by atoms with van der Waals surface area (Å²) in [5.41, 5.74) is 1.83. The molecule has 0 atom stereocenters. The van der Waals surface area contributed by atoms with Crippen LogP contribution in [-0.2, 0) is 14.3 Å². The lowest BCUT2D eigenvalue weighted by Gasteiger charge is -2.27. The van der Waals surface area contributed by atoms with Gasteiger partial charge < -0.3 is 9.47 Å². The average Bonchev–Trinajstić information content (AvgIpc) is 2.80. The van der Waals surface area contributed by atoms with Crippen LogP contribution in [0.3, 0.4) is 0 Å². The highest BCUT2D eigenvalue weighted by atomic mass is 19.1. The Morgan fingerprint density at radius 1 is 0.844 bits per heavy atom. The van der Waals surface area contributed by atoms with Crippen LogP contribution in [0.5, 0.6) is 5.75 Å². The molecule has 0 aliphatic heterocycles. The summed E-state index contributed by atoms with van der Waals surface area (Å²) < 4.78 is 24.2. The molecule has 0 radical (unpaired) electrons. The fourth-order valence-electron chi connectivity index (χ4n) is 4.09. The lowest BCUT2D eigenvalue weighted by atomic mass is 9.87. The number of benzene rings is 2. The van der Waals surface area contributed by atoms with Gasteiger partial charge in [0.25, 0.3) is 0 Å². The van der Waals surface area contributed by atoms with E-state index >= 15 is 0 Å².